The molecule has 0 aromatic heterocycles. The Morgan fingerprint density at radius 3 is 2.41 bits per heavy atom. The summed E-state index contributed by atoms with van der Waals surface area (Å²) in [6.45, 7) is 2.00. The number of unbranched alkanes of at least 4 members (excludes halogenated alkanes) is 1. The zero-order chi connectivity index (χ0) is 12.8. The van der Waals surface area contributed by atoms with Gasteiger partial charge in [0.15, 0.2) is 5.78 Å². The molecule has 0 radical (unpaired) electrons. The summed E-state index contributed by atoms with van der Waals surface area (Å²) < 4.78 is 0.870. The third-order valence-electron chi connectivity index (χ3n) is 2.62. The number of carbonyl (C=O) groups is 1. The number of hydrogen-bond acceptors (Lipinski definition) is 3. The Morgan fingerprint density at radius 2 is 1.88 bits per heavy atom. The Hall–Kier alpha value is -0.710. The highest BCUT2D eigenvalue weighted by molar-refractivity contribution is 9.10. The molecule has 0 unspecified atom stereocenters. The molecule has 2 atom stereocenters. The highest BCUT2D eigenvalue weighted by Gasteiger charge is 2.24. The van der Waals surface area contributed by atoms with Gasteiger partial charge >= 0.3 is 0 Å². The number of ketones is 1. The van der Waals surface area contributed by atoms with Crippen LogP contribution in [0.25, 0.3) is 0 Å². The first-order valence-electron chi connectivity index (χ1n) is 5.72. The van der Waals surface area contributed by atoms with Gasteiger partial charge in [-0.25, -0.2) is 0 Å². The lowest BCUT2D eigenvalue weighted by molar-refractivity contribution is 0.0169. The first kappa shape index (κ1) is 14.4. The minimum Gasteiger partial charge on any atom is -0.390 e. The summed E-state index contributed by atoms with van der Waals surface area (Å²) in [4.78, 5) is 11.8. The van der Waals surface area contributed by atoms with Gasteiger partial charge in [0.05, 0.1) is 6.10 Å². The third-order valence-corrected chi connectivity index (χ3v) is 3.14. The second-order valence-electron chi connectivity index (χ2n) is 4.03. The van der Waals surface area contributed by atoms with Crippen molar-refractivity contribution in [2.45, 2.75) is 38.4 Å². The molecule has 17 heavy (non-hydrogen) atoms. The van der Waals surface area contributed by atoms with E-state index < -0.39 is 18.0 Å². The fourth-order valence-corrected chi connectivity index (χ4v) is 1.80. The third kappa shape index (κ3) is 4.22. The molecule has 1 aromatic carbocycles. The van der Waals surface area contributed by atoms with E-state index in [9.17, 15) is 15.0 Å². The summed E-state index contributed by atoms with van der Waals surface area (Å²) in [5.41, 5.74) is 0.413. The molecule has 0 aliphatic rings. The molecule has 2 N–H and O–H groups in total. The van der Waals surface area contributed by atoms with Crippen molar-refractivity contribution < 1.29 is 15.0 Å². The van der Waals surface area contributed by atoms with Gasteiger partial charge in [0, 0.05) is 10.0 Å². The van der Waals surface area contributed by atoms with Crippen LogP contribution in [0.5, 0.6) is 0 Å². The van der Waals surface area contributed by atoms with Gasteiger partial charge in [0.25, 0.3) is 0 Å². The highest BCUT2D eigenvalue weighted by Crippen LogP contribution is 2.14. The molecule has 0 amide bonds. The molecule has 3 nitrogen and oxygen atoms in total. The summed E-state index contributed by atoms with van der Waals surface area (Å²) in [6, 6.07) is 6.72. The summed E-state index contributed by atoms with van der Waals surface area (Å²) in [7, 11) is 0. The second kappa shape index (κ2) is 6.89. The smallest absolute Gasteiger partial charge is 0.193 e. The number of Topliss-reactive ketones (excluding diaryl/α,β-unsaturated/α-hetero) is 1. The predicted octanol–water partition coefficient (Wildman–Crippen LogP) is 2.54. The van der Waals surface area contributed by atoms with Gasteiger partial charge in [-0.1, -0.05) is 47.8 Å². The normalized spacial score (nSPS) is 14.4. The largest absolute Gasteiger partial charge is 0.390 e. The van der Waals surface area contributed by atoms with Gasteiger partial charge in [-0.05, 0) is 18.6 Å². The molecule has 0 aliphatic carbocycles. The molecular formula is C13H17BrO3. The van der Waals surface area contributed by atoms with Crippen molar-refractivity contribution in [2.75, 3.05) is 0 Å². The maximum atomic E-state index is 11.8. The van der Waals surface area contributed by atoms with Crippen molar-refractivity contribution in [2.24, 2.45) is 0 Å². The zero-order valence-corrected chi connectivity index (χ0v) is 11.4. The Labute approximate surface area is 110 Å². The van der Waals surface area contributed by atoms with Gasteiger partial charge in [-0.15, -0.1) is 0 Å². The van der Waals surface area contributed by atoms with Crippen LogP contribution in [-0.2, 0) is 0 Å². The molecule has 0 saturated carbocycles. The van der Waals surface area contributed by atoms with Crippen molar-refractivity contribution in [3.05, 3.63) is 34.3 Å². The van der Waals surface area contributed by atoms with Crippen LogP contribution in [0.3, 0.4) is 0 Å². The number of aliphatic hydroxyl groups is 2. The van der Waals surface area contributed by atoms with Gasteiger partial charge in [-0.3, -0.25) is 4.79 Å². The molecule has 0 saturated heterocycles. The van der Waals surface area contributed by atoms with E-state index in [1.807, 2.05) is 6.92 Å². The molecule has 1 rings (SSSR count). The van der Waals surface area contributed by atoms with E-state index in [1.165, 1.54) is 0 Å². The monoisotopic (exact) mass is 300 g/mol. The number of halogens is 1. The average molecular weight is 301 g/mol. The van der Waals surface area contributed by atoms with E-state index >= 15 is 0 Å². The topological polar surface area (TPSA) is 57.5 Å². The van der Waals surface area contributed by atoms with Crippen LogP contribution in [0.2, 0.25) is 0 Å². The molecule has 0 spiro atoms. The van der Waals surface area contributed by atoms with Crippen LogP contribution >= 0.6 is 15.9 Å². The van der Waals surface area contributed by atoms with Crippen molar-refractivity contribution in [1.82, 2.24) is 0 Å². The van der Waals surface area contributed by atoms with Crippen molar-refractivity contribution in [1.29, 1.82) is 0 Å². The van der Waals surface area contributed by atoms with E-state index in [0.717, 1.165) is 17.3 Å². The van der Waals surface area contributed by atoms with Crippen LogP contribution in [0.4, 0.5) is 0 Å². The summed E-state index contributed by atoms with van der Waals surface area (Å²) in [5.74, 6) is -0.430. The van der Waals surface area contributed by atoms with Gasteiger partial charge < -0.3 is 10.2 Å². The SMILES string of the molecule is CCCC[C@@H](O)[C@H](O)C(=O)c1ccc(Br)cc1. The fraction of sp³-hybridized carbons (Fsp3) is 0.462. The number of carbonyl (C=O) groups excluding carboxylic acids is 1. The maximum Gasteiger partial charge on any atom is 0.193 e. The molecule has 0 bridgehead atoms. The number of benzene rings is 1. The van der Waals surface area contributed by atoms with E-state index in [0.29, 0.717) is 12.0 Å². The fourth-order valence-electron chi connectivity index (χ4n) is 1.53. The molecule has 0 heterocycles. The molecule has 0 aliphatic heterocycles. The van der Waals surface area contributed by atoms with Gasteiger partial charge in [0.2, 0.25) is 0 Å². The lowest BCUT2D eigenvalue weighted by Gasteiger charge is -2.16. The quantitative estimate of drug-likeness (QED) is 0.794. The molecule has 4 heteroatoms. The number of aliphatic hydroxyl groups excluding tert-OH is 2. The number of hydrogen-bond donors (Lipinski definition) is 2. The van der Waals surface area contributed by atoms with Crippen LogP contribution < -0.4 is 0 Å². The summed E-state index contributed by atoms with van der Waals surface area (Å²) >= 11 is 3.27. The lowest BCUT2D eigenvalue weighted by Crippen LogP contribution is -2.33. The first-order chi connectivity index (χ1) is 8.06. The highest BCUT2D eigenvalue weighted by atomic mass is 79.9. The van der Waals surface area contributed by atoms with Crippen LogP contribution in [0, 0.1) is 0 Å². The van der Waals surface area contributed by atoms with Gasteiger partial charge in [0.1, 0.15) is 6.10 Å². The molecule has 1 aromatic rings. The Balaban J connectivity index is 2.65. The van der Waals surface area contributed by atoms with Crippen molar-refractivity contribution in [3.63, 3.8) is 0 Å². The van der Waals surface area contributed by atoms with E-state index in [4.69, 9.17) is 0 Å². The lowest BCUT2D eigenvalue weighted by atomic mass is 9.99. The summed E-state index contributed by atoms with van der Waals surface area (Å²) in [5, 5.41) is 19.4. The Bertz CT molecular complexity index is 361. The maximum absolute atomic E-state index is 11.8. The van der Waals surface area contributed by atoms with Crippen molar-refractivity contribution >= 4 is 21.7 Å². The van der Waals surface area contributed by atoms with E-state index in [2.05, 4.69) is 15.9 Å². The first-order valence-corrected chi connectivity index (χ1v) is 6.51. The molecule has 94 valence electrons. The summed E-state index contributed by atoms with van der Waals surface area (Å²) in [6.07, 6.45) is -0.143. The molecular weight excluding hydrogens is 284 g/mol. The Kier molecular flexibility index (Phi) is 5.82. The second-order valence-corrected chi connectivity index (χ2v) is 4.94. The predicted molar refractivity (Wildman–Crippen MR) is 70.0 cm³/mol. The van der Waals surface area contributed by atoms with Crippen molar-refractivity contribution in [3.8, 4) is 0 Å². The minimum atomic E-state index is -1.33. The zero-order valence-electron chi connectivity index (χ0n) is 9.77. The molecule has 0 fully saturated rings. The number of rotatable bonds is 6. The van der Waals surface area contributed by atoms with E-state index in [1.54, 1.807) is 24.3 Å². The van der Waals surface area contributed by atoms with Crippen LogP contribution in [0.1, 0.15) is 36.5 Å². The van der Waals surface area contributed by atoms with E-state index in [-0.39, 0.29) is 0 Å². The van der Waals surface area contributed by atoms with Crippen LogP contribution in [-0.4, -0.2) is 28.2 Å². The van der Waals surface area contributed by atoms with Crippen LogP contribution in [0.15, 0.2) is 28.7 Å². The minimum absolute atomic E-state index is 0.413. The Morgan fingerprint density at radius 1 is 1.29 bits per heavy atom. The standard InChI is InChI=1S/C13H17BrO3/c1-2-3-4-11(15)13(17)12(16)9-5-7-10(14)8-6-9/h5-8,11,13,15,17H,2-4H2,1H3/t11-,13+/m1/s1. The average Bonchev–Trinajstić information content (AvgIpc) is 2.35. The van der Waals surface area contributed by atoms with Gasteiger partial charge in [-0.2, -0.15) is 0 Å².